The van der Waals surface area contributed by atoms with Gasteiger partial charge in [0, 0.05) is 0 Å². The highest BCUT2D eigenvalue weighted by Gasteiger charge is 2.17. The average Bonchev–Trinajstić information content (AvgIpc) is 2.55. The van der Waals surface area contributed by atoms with Gasteiger partial charge in [0.1, 0.15) is 11.5 Å². The molecule has 4 nitrogen and oxygen atoms in total. The van der Waals surface area contributed by atoms with Crippen LogP contribution in [-0.4, -0.2) is 19.1 Å². The average molecular weight is 313 g/mol. The maximum absolute atomic E-state index is 12.4. The van der Waals surface area contributed by atoms with E-state index in [4.69, 9.17) is 9.47 Å². The Kier molecular flexibility index (Phi) is 5.63. The zero-order chi connectivity index (χ0) is 16.8. The minimum atomic E-state index is -0.604. The molecule has 4 heteroatoms. The minimum Gasteiger partial charge on any atom is -0.495 e. The van der Waals surface area contributed by atoms with Crippen LogP contribution < -0.4 is 14.8 Å². The van der Waals surface area contributed by atoms with Gasteiger partial charge in [-0.25, -0.2) is 0 Å². The first-order valence-corrected chi connectivity index (χ1v) is 7.75. The lowest BCUT2D eigenvalue weighted by Crippen LogP contribution is -2.30. The summed E-state index contributed by atoms with van der Waals surface area (Å²) in [5, 5.41) is 2.87. The Labute approximate surface area is 137 Å². The number of para-hydroxylation sites is 1. The Morgan fingerprint density at radius 2 is 1.91 bits per heavy atom. The maximum Gasteiger partial charge on any atom is 0.265 e. The number of ether oxygens (including phenoxy) is 2. The molecule has 0 heterocycles. The minimum absolute atomic E-state index is 0.209. The van der Waals surface area contributed by atoms with Gasteiger partial charge in [0.25, 0.3) is 5.91 Å². The van der Waals surface area contributed by atoms with E-state index in [1.165, 1.54) is 0 Å². The normalized spacial score (nSPS) is 11.7. The van der Waals surface area contributed by atoms with Gasteiger partial charge in [-0.15, -0.1) is 0 Å². The number of nitrogens with one attached hydrogen (secondary N) is 1. The molecule has 2 aromatic rings. The summed E-state index contributed by atoms with van der Waals surface area (Å²) in [4.78, 5) is 12.4. The molecular formula is C19H23NO3. The molecule has 0 aliphatic rings. The number of rotatable bonds is 6. The van der Waals surface area contributed by atoms with E-state index in [0.29, 0.717) is 11.4 Å². The molecule has 1 N–H and O–H groups in total. The highest BCUT2D eigenvalue weighted by molar-refractivity contribution is 5.95. The summed E-state index contributed by atoms with van der Waals surface area (Å²) in [5.41, 5.74) is 2.78. The first-order chi connectivity index (χ1) is 11.0. The standard InChI is InChI=1S/C19H23NO3/c1-5-15-8-6-7-9-17(15)23-14(3)19(21)20-16-12-13(2)10-11-18(16)22-4/h6-12,14H,5H2,1-4H3,(H,20,21)/t14-/m0/s1. The van der Waals surface area contributed by atoms with Crippen molar-refractivity contribution in [1.29, 1.82) is 0 Å². The number of hydrogen-bond acceptors (Lipinski definition) is 3. The molecule has 0 saturated carbocycles. The van der Waals surface area contributed by atoms with Crippen molar-refractivity contribution in [2.45, 2.75) is 33.3 Å². The van der Waals surface area contributed by atoms with Crippen LogP contribution in [-0.2, 0) is 11.2 Å². The van der Waals surface area contributed by atoms with E-state index in [2.05, 4.69) is 12.2 Å². The third-order valence-electron chi connectivity index (χ3n) is 3.64. The summed E-state index contributed by atoms with van der Waals surface area (Å²) in [5.74, 6) is 1.17. The van der Waals surface area contributed by atoms with Crippen molar-refractivity contribution >= 4 is 11.6 Å². The summed E-state index contributed by atoms with van der Waals surface area (Å²) in [6, 6.07) is 13.4. The lowest BCUT2D eigenvalue weighted by molar-refractivity contribution is -0.122. The van der Waals surface area contributed by atoms with E-state index in [1.54, 1.807) is 14.0 Å². The highest BCUT2D eigenvalue weighted by Crippen LogP contribution is 2.26. The van der Waals surface area contributed by atoms with E-state index in [0.717, 1.165) is 23.3 Å². The zero-order valence-corrected chi connectivity index (χ0v) is 14.1. The van der Waals surface area contributed by atoms with Crippen LogP contribution in [0, 0.1) is 6.92 Å². The second-order valence-corrected chi connectivity index (χ2v) is 5.41. The first-order valence-electron chi connectivity index (χ1n) is 7.75. The Hall–Kier alpha value is -2.49. The predicted octanol–water partition coefficient (Wildman–Crippen LogP) is 3.97. The smallest absolute Gasteiger partial charge is 0.265 e. The molecule has 2 rings (SSSR count). The predicted molar refractivity (Wildman–Crippen MR) is 92.3 cm³/mol. The monoisotopic (exact) mass is 313 g/mol. The lowest BCUT2D eigenvalue weighted by atomic mass is 10.1. The van der Waals surface area contributed by atoms with Crippen LogP contribution in [0.5, 0.6) is 11.5 Å². The number of aryl methyl sites for hydroxylation is 2. The fraction of sp³-hybridized carbons (Fsp3) is 0.316. The summed E-state index contributed by atoms with van der Waals surface area (Å²) in [6.07, 6.45) is 0.254. The van der Waals surface area contributed by atoms with E-state index in [-0.39, 0.29) is 5.91 Å². The van der Waals surface area contributed by atoms with Crippen LogP contribution in [0.25, 0.3) is 0 Å². The van der Waals surface area contributed by atoms with Gasteiger partial charge < -0.3 is 14.8 Å². The molecule has 0 aliphatic carbocycles. The maximum atomic E-state index is 12.4. The van der Waals surface area contributed by atoms with Gasteiger partial charge in [-0.05, 0) is 49.6 Å². The van der Waals surface area contributed by atoms with E-state index in [1.807, 2.05) is 49.4 Å². The van der Waals surface area contributed by atoms with E-state index >= 15 is 0 Å². The molecular weight excluding hydrogens is 290 g/mol. The van der Waals surface area contributed by atoms with Crippen LogP contribution in [0.15, 0.2) is 42.5 Å². The number of hydrogen-bond donors (Lipinski definition) is 1. The van der Waals surface area contributed by atoms with Crippen LogP contribution in [0.4, 0.5) is 5.69 Å². The van der Waals surface area contributed by atoms with E-state index < -0.39 is 6.10 Å². The number of carbonyl (C=O) groups is 1. The van der Waals surface area contributed by atoms with Gasteiger partial charge in [-0.1, -0.05) is 31.2 Å². The number of carbonyl (C=O) groups excluding carboxylic acids is 1. The molecule has 0 bridgehead atoms. The van der Waals surface area contributed by atoms with Crippen molar-refractivity contribution in [1.82, 2.24) is 0 Å². The fourth-order valence-corrected chi connectivity index (χ4v) is 2.31. The van der Waals surface area contributed by atoms with Crippen LogP contribution >= 0.6 is 0 Å². The Morgan fingerprint density at radius 3 is 2.61 bits per heavy atom. The van der Waals surface area contributed by atoms with Gasteiger partial charge >= 0.3 is 0 Å². The van der Waals surface area contributed by atoms with Crippen molar-refractivity contribution in [3.63, 3.8) is 0 Å². The van der Waals surface area contributed by atoms with Crippen molar-refractivity contribution < 1.29 is 14.3 Å². The third kappa shape index (κ3) is 4.25. The Bertz CT molecular complexity index is 682. The molecule has 0 fully saturated rings. The van der Waals surface area contributed by atoms with Gasteiger partial charge in [0.15, 0.2) is 6.10 Å². The zero-order valence-electron chi connectivity index (χ0n) is 14.1. The highest BCUT2D eigenvalue weighted by atomic mass is 16.5. The van der Waals surface area contributed by atoms with Crippen LogP contribution in [0.1, 0.15) is 25.0 Å². The number of anilines is 1. The largest absolute Gasteiger partial charge is 0.495 e. The second kappa shape index (κ2) is 7.68. The third-order valence-corrected chi connectivity index (χ3v) is 3.64. The fourth-order valence-electron chi connectivity index (χ4n) is 2.31. The van der Waals surface area contributed by atoms with Crippen molar-refractivity contribution in [2.24, 2.45) is 0 Å². The quantitative estimate of drug-likeness (QED) is 0.877. The molecule has 1 amide bonds. The molecule has 122 valence electrons. The van der Waals surface area contributed by atoms with Crippen molar-refractivity contribution in [3.05, 3.63) is 53.6 Å². The van der Waals surface area contributed by atoms with Crippen molar-refractivity contribution in [3.8, 4) is 11.5 Å². The lowest BCUT2D eigenvalue weighted by Gasteiger charge is -2.18. The molecule has 0 unspecified atom stereocenters. The summed E-state index contributed by atoms with van der Waals surface area (Å²) in [7, 11) is 1.58. The van der Waals surface area contributed by atoms with Gasteiger partial charge in [0.2, 0.25) is 0 Å². The van der Waals surface area contributed by atoms with Crippen molar-refractivity contribution in [2.75, 3.05) is 12.4 Å². The molecule has 0 aromatic heterocycles. The molecule has 2 aromatic carbocycles. The van der Waals surface area contributed by atoms with Gasteiger partial charge in [0.05, 0.1) is 12.8 Å². The Balaban J connectivity index is 2.10. The Morgan fingerprint density at radius 1 is 1.17 bits per heavy atom. The van der Waals surface area contributed by atoms with Crippen LogP contribution in [0.3, 0.4) is 0 Å². The molecule has 0 saturated heterocycles. The van der Waals surface area contributed by atoms with Crippen LogP contribution in [0.2, 0.25) is 0 Å². The molecule has 23 heavy (non-hydrogen) atoms. The first kappa shape index (κ1) is 16.9. The summed E-state index contributed by atoms with van der Waals surface area (Å²) >= 11 is 0. The summed E-state index contributed by atoms with van der Waals surface area (Å²) in [6.45, 7) is 5.76. The summed E-state index contributed by atoms with van der Waals surface area (Å²) < 4.78 is 11.1. The number of amides is 1. The number of methoxy groups -OCH3 is 1. The molecule has 0 spiro atoms. The molecule has 0 aliphatic heterocycles. The van der Waals surface area contributed by atoms with E-state index in [9.17, 15) is 4.79 Å². The van der Waals surface area contributed by atoms with Gasteiger partial charge in [-0.3, -0.25) is 4.79 Å². The van der Waals surface area contributed by atoms with Gasteiger partial charge in [-0.2, -0.15) is 0 Å². The molecule has 0 radical (unpaired) electrons. The topological polar surface area (TPSA) is 47.6 Å². The second-order valence-electron chi connectivity index (χ2n) is 5.41. The SMILES string of the molecule is CCc1ccccc1O[C@@H](C)C(=O)Nc1cc(C)ccc1OC. The number of benzene rings is 2. The molecule has 1 atom stereocenters.